The molecule has 36 heavy (non-hydrogen) atoms. The highest BCUT2D eigenvalue weighted by Crippen LogP contribution is 2.29. The molecule has 4 aromatic rings. The summed E-state index contributed by atoms with van der Waals surface area (Å²) in [7, 11) is 0. The van der Waals surface area contributed by atoms with Crippen molar-refractivity contribution in [2.75, 3.05) is 14.0 Å². The van der Waals surface area contributed by atoms with Gasteiger partial charge in [0, 0.05) is 51.8 Å². The van der Waals surface area contributed by atoms with Gasteiger partial charge in [0.25, 0.3) is 5.56 Å². The Balaban J connectivity index is 1.69. The molecule has 0 aliphatic carbocycles. The van der Waals surface area contributed by atoms with Gasteiger partial charge in [0.1, 0.15) is 5.82 Å². The van der Waals surface area contributed by atoms with Gasteiger partial charge in [-0.15, -0.1) is 10.2 Å². The number of aromatic amines is 1. The average Bonchev–Trinajstić information content (AvgIpc) is 3.45. The van der Waals surface area contributed by atoms with E-state index in [1.54, 1.807) is 11.5 Å². The molecule has 0 bridgehead atoms. The first kappa shape index (κ1) is 18.5. The van der Waals surface area contributed by atoms with E-state index in [1.807, 2.05) is 55.5 Å². The van der Waals surface area contributed by atoms with Gasteiger partial charge in [0.05, 0.1) is 11.5 Å². The van der Waals surface area contributed by atoms with Crippen molar-refractivity contribution in [3.05, 3.63) is 81.5 Å². The Hall–Kier alpha value is -3.72. The van der Waals surface area contributed by atoms with Crippen molar-refractivity contribution in [1.29, 1.82) is 0 Å². The number of nitrogens with zero attached hydrogens (tertiary/aromatic N) is 6. The fraction of sp³-hybridized carbons (Fsp3) is 0.333. The Bertz CT molecular complexity index is 1590. The fourth-order valence-electron chi connectivity index (χ4n) is 4.06. The molecule has 2 heterocycles. The molecule has 9 heteroatoms. The van der Waals surface area contributed by atoms with Gasteiger partial charge in [0.15, 0.2) is 0 Å². The second-order valence-electron chi connectivity index (χ2n) is 8.47. The van der Waals surface area contributed by atoms with Crippen molar-refractivity contribution in [1.82, 2.24) is 35.1 Å². The summed E-state index contributed by atoms with van der Waals surface area (Å²) in [5.41, 5.74) is 3.72. The van der Waals surface area contributed by atoms with Crippen LogP contribution in [0.15, 0.2) is 53.3 Å². The molecule has 0 amide bonds. The molecule has 8 nitrogen and oxygen atoms in total. The Morgan fingerprint density at radius 2 is 1.89 bits per heavy atom. The number of hydrogen-bond acceptors (Lipinski definition) is 6. The summed E-state index contributed by atoms with van der Waals surface area (Å²) in [4.78, 5) is 18.4. The second kappa shape index (κ2) is 11.3. The third kappa shape index (κ3) is 5.57. The molecule has 0 saturated heterocycles. The van der Waals surface area contributed by atoms with E-state index in [9.17, 15) is 4.79 Å². The van der Waals surface area contributed by atoms with Crippen LogP contribution in [0.1, 0.15) is 50.6 Å². The molecule has 0 saturated carbocycles. The van der Waals surface area contributed by atoms with Crippen molar-refractivity contribution in [2.24, 2.45) is 0 Å². The molecule has 1 N–H and O–H groups in total. The molecule has 0 radical (unpaired) electrons. The first-order valence-electron chi connectivity index (χ1n) is 14.7. The van der Waals surface area contributed by atoms with Gasteiger partial charge in [-0.1, -0.05) is 74.1 Å². The normalized spacial score (nSPS) is 14.2. The number of aryl methyl sites for hydroxylation is 2. The number of aromatic nitrogens is 6. The molecule has 0 fully saturated rings. The summed E-state index contributed by atoms with van der Waals surface area (Å²) in [6.45, 7) is -2.06. The molecule has 0 aliphatic heterocycles. The maximum atomic E-state index is 13.8. The Morgan fingerprint density at radius 1 is 1.14 bits per heavy atom. The van der Waals surface area contributed by atoms with Gasteiger partial charge in [0.2, 0.25) is 5.82 Å². The minimum atomic E-state index is -2.99. The lowest BCUT2D eigenvalue weighted by molar-refractivity contribution is 0.610. The Morgan fingerprint density at radius 3 is 2.56 bits per heavy atom. The summed E-state index contributed by atoms with van der Waals surface area (Å²) in [6.07, 6.45) is 1.97. The predicted molar refractivity (Wildman–Crippen MR) is 146 cm³/mol. The standard InChI is InChI=1S/C27H31N7OS/c1-5-6-11-24-28-18(2)23(16-25(36)33(3)4)27(35)34(24)17-19-12-14-20(15-13-19)21-9-7-8-10-22(21)26-29-31-32-30-26/h7-10,12-15H,5-6,11,16-17H2,1-4H3,(H,29,30,31,32)/i3D3,4D3. The Labute approximate surface area is 224 Å². The van der Waals surface area contributed by atoms with Gasteiger partial charge >= 0.3 is 0 Å². The second-order valence-corrected chi connectivity index (χ2v) is 8.94. The maximum Gasteiger partial charge on any atom is 0.257 e. The highest BCUT2D eigenvalue weighted by molar-refractivity contribution is 7.80. The van der Waals surface area contributed by atoms with Gasteiger partial charge in [-0.05, 0) is 35.2 Å². The van der Waals surface area contributed by atoms with Crippen molar-refractivity contribution >= 4 is 17.2 Å². The van der Waals surface area contributed by atoms with E-state index < -0.39 is 14.0 Å². The van der Waals surface area contributed by atoms with Crippen LogP contribution < -0.4 is 5.56 Å². The van der Waals surface area contributed by atoms with Crippen LogP contribution in [-0.4, -0.2) is 54.0 Å². The van der Waals surface area contributed by atoms with E-state index in [2.05, 4.69) is 20.6 Å². The minimum absolute atomic E-state index is 0.171. The van der Waals surface area contributed by atoms with Gasteiger partial charge < -0.3 is 4.90 Å². The topological polar surface area (TPSA) is 92.6 Å². The number of unbranched alkanes of at least 4 members (excludes halogenated alkanes) is 1. The molecule has 0 atom stereocenters. The van der Waals surface area contributed by atoms with Crippen LogP contribution in [0, 0.1) is 6.92 Å². The maximum absolute atomic E-state index is 13.8. The predicted octanol–water partition coefficient (Wildman–Crippen LogP) is 4.22. The molecule has 0 spiro atoms. The number of nitrogens with one attached hydrogen (secondary N) is 1. The smallest absolute Gasteiger partial charge is 0.257 e. The number of thiocarbonyl (C=S) groups is 1. The third-order valence-electron chi connectivity index (χ3n) is 6.00. The number of likely N-dealkylation sites (N-methyl/N-ethyl adjacent to an activating group) is 1. The van der Waals surface area contributed by atoms with Crippen LogP contribution in [0.25, 0.3) is 22.5 Å². The summed E-state index contributed by atoms with van der Waals surface area (Å²) in [6, 6.07) is 15.5. The van der Waals surface area contributed by atoms with Crippen molar-refractivity contribution in [2.45, 2.75) is 46.1 Å². The molecule has 0 unspecified atom stereocenters. The molecule has 0 aliphatic rings. The van der Waals surface area contributed by atoms with Crippen LogP contribution in [-0.2, 0) is 19.4 Å². The van der Waals surface area contributed by atoms with Gasteiger partial charge in [-0.25, -0.2) is 4.98 Å². The van der Waals surface area contributed by atoms with Crippen LogP contribution in [0.4, 0.5) is 0 Å². The molecular weight excluding hydrogens is 470 g/mol. The number of tetrazole rings is 1. The molecular formula is C27H31N7OS. The van der Waals surface area contributed by atoms with Crippen LogP contribution >= 0.6 is 12.2 Å². The molecule has 4 rings (SSSR count). The lowest BCUT2D eigenvalue weighted by Crippen LogP contribution is -2.33. The van der Waals surface area contributed by atoms with Crippen molar-refractivity contribution in [3.63, 3.8) is 0 Å². The van der Waals surface area contributed by atoms with E-state index in [0.29, 0.717) is 23.8 Å². The first-order valence-corrected chi connectivity index (χ1v) is 12.1. The quantitative estimate of drug-likeness (QED) is 0.339. The highest BCUT2D eigenvalue weighted by atomic mass is 32.1. The lowest BCUT2D eigenvalue weighted by atomic mass is 9.98. The highest BCUT2D eigenvalue weighted by Gasteiger charge is 2.17. The number of H-pyrrole nitrogens is 1. The summed E-state index contributed by atoms with van der Waals surface area (Å²) >= 11 is 5.26. The molecule has 186 valence electrons. The van der Waals surface area contributed by atoms with Crippen LogP contribution in [0.5, 0.6) is 0 Å². The van der Waals surface area contributed by atoms with Crippen LogP contribution in [0.3, 0.4) is 0 Å². The molecule has 2 aromatic carbocycles. The first-order chi connectivity index (χ1) is 19.8. The molecule has 2 aromatic heterocycles. The number of hydrogen-bond donors (Lipinski definition) is 1. The van der Waals surface area contributed by atoms with E-state index in [1.165, 1.54) is 0 Å². The zero-order valence-electron chi connectivity index (χ0n) is 26.2. The fourth-order valence-corrected chi connectivity index (χ4v) is 4.20. The Kier molecular flexibility index (Phi) is 5.84. The van der Waals surface area contributed by atoms with E-state index in [0.717, 1.165) is 35.1 Å². The summed E-state index contributed by atoms with van der Waals surface area (Å²) in [5, 5.41) is 14.3. The van der Waals surface area contributed by atoms with Gasteiger partial charge in [-0.3, -0.25) is 9.36 Å². The largest absolute Gasteiger partial charge is 0.372 e. The SMILES string of the molecule is [2H]C([2H])([2H])N(C(=S)Cc1c(C)nc(CCCC)n(Cc2ccc(-c3ccccc3-c3nn[nH]n3)cc2)c1=O)C([2H])([2H])[2H]. The van der Waals surface area contributed by atoms with E-state index >= 15 is 0 Å². The lowest BCUT2D eigenvalue weighted by Gasteiger charge is -2.18. The van der Waals surface area contributed by atoms with Crippen molar-refractivity contribution in [3.8, 4) is 22.5 Å². The average molecular weight is 508 g/mol. The van der Waals surface area contributed by atoms with E-state index in [4.69, 9.17) is 25.4 Å². The van der Waals surface area contributed by atoms with Crippen molar-refractivity contribution < 1.29 is 8.22 Å². The zero-order chi connectivity index (χ0) is 30.7. The number of benzene rings is 2. The minimum Gasteiger partial charge on any atom is -0.372 e. The van der Waals surface area contributed by atoms with Gasteiger partial charge in [-0.2, -0.15) is 5.21 Å². The summed E-state index contributed by atoms with van der Waals surface area (Å²) < 4.78 is 47.7. The number of rotatable bonds is 9. The zero-order valence-corrected chi connectivity index (χ0v) is 21.0. The van der Waals surface area contributed by atoms with E-state index in [-0.39, 0.29) is 34.0 Å². The summed E-state index contributed by atoms with van der Waals surface area (Å²) in [5.74, 6) is 1.08. The van der Waals surface area contributed by atoms with Crippen LogP contribution in [0.2, 0.25) is 0 Å². The monoisotopic (exact) mass is 507 g/mol. The third-order valence-corrected chi connectivity index (χ3v) is 6.33.